The van der Waals surface area contributed by atoms with Crippen LogP contribution in [0.25, 0.3) is 22.4 Å². The van der Waals surface area contributed by atoms with Gasteiger partial charge in [0.05, 0.1) is 21.7 Å². The fraction of sp³-hybridized carbons (Fsp3) is 0.0909. The van der Waals surface area contributed by atoms with Crippen LogP contribution < -0.4 is 4.90 Å². The molecular formula is C22H18Cl2N4. The fourth-order valence-electron chi connectivity index (χ4n) is 2.89. The summed E-state index contributed by atoms with van der Waals surface area (Å²) in [6.45, 7) is 0. The third kappa shape index (κ3) is 3.88. The minimum atomic E-state index is 0.561. The number of rotatable bonds is 4. The molecule has 0 saturated carbocycles. The number of H-pyrrole nitrogens is 1. The molecule has 0 aliphatic rings. The zero-order chi connectivity index (χ0) is 19.7. The van der Waals surface area contributed by atoms with Gasteiger partial charge in [-0.05, 0) is 54.1 Å². The Kier molecular flexibility index (Phi) is 5.07. The molecule has 28 heavy (non-hydrogen) atoms. The molecule has 0 spiro atoms. The molecule has 0 unspecified atom stereocenters. The summed E-state index contributed by atoms with van der Waals surface area (Å²) in [5, 5.41) is 1.16. The number of halogens is 2. The number of fused-ring (bicyclic) bond motifs is 1. The van der Waals surface area contributed by atoms with E-state index in [1.165, 1.54) is 0 Å². The Balaban J connectivity index is 1.61. The predicted octanol–water partition coefficient (Wildman–Crippen LogP) is 6.35. The van der Waals surface area contributed by atoms with Crippen molar-refractivity contribution in [2.24, 2.45) is 4.99 Å². The van der Waals surface area contributed by atoms with Crippen LogP contribution in [-0.4, -0.2) is 30.3 Å². The molecule has 4 aromatic rings. The Morgan fingerprint density at radius 1 is 0.964 bits per heavy atom. The number of anilines is 1. The van der Waals surface area contributed by atoms with Crippen LogP contribution in [0.2, 0.25) is 10.0 Å². The van der Waals surface area contributed by atoms with Crippen molar-refractivity contribution in [2.45, 2.75) is 0 Å². The zero-order valence-electron chi connectivity index (χ0n) is 15.4. The lowest BCUT2D eigenvalue weighted by atomic mass is 10.2. The van der Waals surface area contributed by atoms with E-state index in [1.54, 1.807) is 12.1 Å². The summed E-state index contributed by atoms with van der Waals surface area (Å²) >= 11 is 12.3. The largest absolute Gasteiger partial charge is 0.378 e. The molecule has 140 valence electrons. The van der Waals surface area contributed by atoms with Crippen LogP contribution in [0.4, 0.5) is 11.4 Å². The van der Waals surface area contributed by atoms with Crippen LogP contribution in [0.3, 0.4) is 0 Å². The number of nitrogens with zero attached hydrogens (tertiary/aromatic N) is 3. The third-order valence-electron chi connectivity index (χ3n) is 4.42. The Bertz CT molecular complexity index is 1160. The van der Waals surface area contributed by atoms with Crippen LogP contribution >= 0.6 is 23.2 Å². The number of aromatic amines is 1. The van der Waals surface area contributed by atoms with E-state index < -0.39 is 0 Å². The Hall–Kier alpha value is -2.82. The zero-order valence-corrected chi connectivity index (χ0v) is 17.0. The summed E-state index contributed by atoms with van der Waals surface area (Å²) in [5.41, 5.74) is 5.62. The van der Waals surface area contributed by atoms with E-state index in [-0.39, 0.29) is 0 Å². The second-order valence-electron chi connectivity index (χ2n) is 6.66. The second kappa shape index (κ2) is 7.66. The van der Waals surface area contributed by atoms with E-state index in [1.807, 2.05) is 56.7 Å². The molecule has 0 aliphatic heterocycles. The van der Waals surface area contributed by atoms with Crippen molar-refractivity contribution in [3.8, 4) is 11.4 Å². The molecule has 0 atom stereocenters. The molecule has 1 heterocycles. The molecule has 3 aromatic carbocycles. The van der Waals surface area contributed by atoms with Gasteiger partial charge in [0.15, 0.2) is 0 Å². The van der Waals surface area contributed by atoms with Crippen molar-refractivity contribution in [2.75, 3.05) is 19.0 Å². The lowest BCUT2D eigenvalue weighted by Gasteiger charge is -2.11. The van der Waals surface area contributed by atoms with E-state index >= 15 is 0 Å². The summed E-state index contributed by atoms with van der Waals surface area (Å²) < 4.78 is 0. The van der Waals surface area contributed by atoms with E-state index in [4.69, 9.17) is 23.2 Å². The summed E-state index contributed by atoms with van der Waals surface area (Å²) in [4.78, 5) is 14.6. The standard InChI is InChI=1S/C22H18Cl2N4/c1-28(2)17-7-3-14(4-8-17)13-25-16-6-10-20-21(12-16)27-22(26-20)18-9-5-15(23)11-19(18)24/h3-13H,1-2H3,(H,26,27). The molecular weight excluding hydrogens is 391 g/mol. The molecule has 0 saturated heterocycles. The molecule has 4 nitrogen and oxygen atoms in total. The highest BCUT2D eigenvalue weighted by molar-refractivity contribution is 6.36. The van der Waals surface area contributed by atoms with Gasteiger partial charge in [-0.2, -0.15) is 0 Å². The van der Waals surface area contributed by atoms with Gasteiger partial charge in [0.25, 0.3) is 0 Å². The van der Waals surface area contributed by atoms with Crippen molar-refractivity contribution < 1.29 is 0 Å². The van der Waals surface area contributed by atoms with Gasteiger partial charge in [-0.15, -0.1) is 0 Å². The number of imidazole rings is 1. The van der Waals surface area contributed by atoms with E-state index in [0.717, 1.165) is 33.5 Å². The summed E-state index contributed by atoms with van der Waals surface area (Å²) in [5.74, 6) is 0.706. The highest BCUT2D eigenvalue weighted by Crippen LogP contribution is 2.30. The molecule has 0 radical (unpaired) electrons. The van der Waals surface area contributed by atoms with E-state index in [2.05, 4.69) is 32.0 Å². The van der Waals surface area contributed by atoms with Gasteiger partial charge in [-0.3, -0.25) is 4.99 Å². The first-order valence-electron chi connectivity index (χ1n) is 8.76. The van der Waals surface area contributed by atoms with Gasteiger partial charge >= 0.3 is 0 Å². The summed E-state index contributed by atoms with van der Waals surface area (Å²) in [7, 11) is 4.04. The average molecular weight is 409 g/mol. The van der Waals surface area contributed by atoms with Gasteiger partial charge in [0.2, 0.25) is 0 Å². The van der Waals surface area contributed by atoms with Crippen molar-refractivity contribution in [1.82, 2.24) is 9.97 Å². The van der Waals surface area contributed by atoms with Crippen LogP contribution in [0.15, 0.2) is 65.7 Å². The maximum Gasteiger partial charge on any atom is 0.140 e. The lowest BCUT2D eigenvalue weighted by Crippen LogP contribution is -2.08. The SMILES string of the molecule is CN(C)c1ccc(C=Nc2ccc3nc(-c4ccc(Cl)cc4Cl)[nH]c3c2)cc1. The van der Waals surface area contributed by atoms with Crippen molar-refractivity contribution >= 4 is 51.8 Å². The van der Waals surface area contributed by atoms with Crippen molar-refractivity contribution in [3.63, 3.8) is 0 Å². The first kappa shape index (κ1) is 18.5. The highest BCUT2D eigenvalue weighted by Gasteiger charge is 2.10. The van der Waals surface area contributed by atoms with Gasteiger partial charge in [0, 0.05) is 36.6 Å². The fourth-order valence-corrected chi connectivity index (χ4v) is 3.39. The van der Waals surface area contributed by atoms with Gasteiger partial charge in [0.1, 0.15) is 5.82 Å². The quantitative estimate of drug-likeness (QED) is 0.399. The Morgan fingerprint density at radius 3 is 2.46 bits per heavy atom. The number of aliphatic imine (C=N–C) groups is 1. The second-order valence-corrected chi connectivity index (χ2v) is 7.50. The van der Waals surface area contributed by atoms with E-state index in [9.17, 15) is 0 Å². The van der Waals surface area contributed by atoms with Crippen LogP contribution in [0.5, 0.6) is 0 Å². The first-order valence-corrected chi connectivity index (χ1v) is 9.52. The maximum atomic E-state index is 6.30. The number of benzene rings is 3. The van der Waals surface area contributed by atoms with Gasteiger partial charge in [-0.1, -0.05) is 35.3 Å². The number of nitrogens with one attached hydrogen (secondary N) is 1. The van der Waals surface area contributed by atoms with Crippen LogP contribution in [0, 0.1) is 0 Å². The highest BCUT2D eigenvalue weighted by atomic mass is 35.5. The molecule has 1 N–H and O–H groups in total. The third-order valence-corrected chi connectivity index (χ3v) is 4.97. The number of hydrogen-bond acceptors (Lipinski definition) is 3. The van der Waals surface area contributed by atoms with Crippen molar-refractivity contribution in [3.05, 3.63) is 76.3 Å². The van der Waals surface area contributed by atoms with Crippen LogP contribution in [0.1, 0.15) is 5.56 Å². The maximum absolute atomic E-state index is 6.30. The molecule has 6 heteroatoms. The number of aromatic nitrogens is 2. The van der Waals surface area contributed by atoms with Crippen molar-refractivity contribution in [1.29, 1.82) is 0 Å². The van der Waals surface area contributed by atoms with Crippen LogP contribution in [-0.2, 0) is 0 Å². The molecule has 0 bridgehead atoms. The number of hydrogen-bond donors (Lipinski definition) is 1. The summed E-state index contributed by atoms with van der Waals surface area (Å²) in [6, 6.07) is 19.5. The Labute approximate surface area is 173 Å². The first-order chi connectivity index (χ1) is 13.5. The van der Waals surface area contributed by atoms with Gasteiger partial charge in [-0.25, -0.2) is 4.98 Å². The smallest absolute Gasteiger partial charge is 0.140 e. The molecule has 0 fully saturated rings. The van der Waals surface area contributed by atoms with Gasteiger partial charge < -0.3 is 9.88 Å². The average Bonchev–Trinajstić information content (AvgIpc) is 3.09. The molecule has 1 aromatic heterocycles. The lowest BCUT2D eigenvalue weighted by molar-refractivity contribution is 1.13. The topological polar surface area (TPSA) is 44.3 Å². The normalized spacial score (nSPS) is 11.4. The minimum Gasteiger partial charge on any atom is -0.378 e. The summed E-state index contributed by atoms with van der Waals surface area (Å²) in [6.07, 6.45) is 1.86. The molecule has 4 rings (SSSR count). The molecule has 0 aliphatic carbocycles. The molecule has 0 amide bonds. The van der Waals surface area contributed by atoms with E-state index in [0.29, 0.717) is 15.9 Å². The Morgan fingerprint density at radius 2 is 1.75 bits per heavy atom. The minimum absolute atomic E-state index is 0.561. The predicted molar refractivity (Wildman–Crippen MR) is 120 cm³/mol. The monoisotopic (exact) mass is 408 g/mol.